The van der Waals surface area contributed by atoms with Crippen LogP contribution in [0.4, 0.5) is 31.8 Å². The lowest BCUT2D eigenvalue weighted by atomic mass is 10.0. The van der Waals surface area contributed by atoms with Crippen LogP contribution in [0.5, 0.6) is 5.75 Å². The molecular formula is C32H39F2N7O2. The van der Waals surface area contributed by atoms with Crippen LogP contribution in [0.15, 0.2) is 61.4 Å². The van der Waals surface area contributed by atoms with E-state index in [-0.39, 0.29) is 5.56 Å². The van der Waals surface area contributed by atoms with Crippen molar-refractivity contribution in [3.05, 3.63) is 78.6 Å². The van der Waals surface area contributed by atoms with E-state index in [9.17, 15) is 8.78 Å². The standard InChI is InChI=1S/C32H39F2N7O2/c1-3-12-38-15-17-40(18-16-38)23-9-13-39(14-10-23)24-7-8-27(29(20-24)42-2)37-30-21-31(36-22-35-30)41-28(11-19-43-41)25-5-4-6-26(33)32(25)34/h3-8,20-23,28H,1,9-19H2,2H3,(H,35,36,37). The molecule has 11 heteroatoms. The molecule has 228 valence electrons. The summed E-state index contributed by atoms with van der Waals surface area (Å²) in [6, 6.07) is 12.2. The number of ether oxygens (including phenoxy) is 1. The number of hydrogen-bond acceptors (Lipinski definition) is 9. The van der Waals surface area contributed by atoms with Gasteiger partial charge in [0.15, 0.2) is 17.5 Å². The summed E-state index contributed by atoms with van der Waals surface area (Å²) in [4.78, 5) is 22.1. The summed E-state index contributed by atoms with van der Waals surface area (Å²) < 4.78 is 34.3. The number of nitrogens with one attached hydrogen (secondary N) is 1. The molecular weight excluding hydrogens is 552 g/mol. The molecule has 3 fully saturated rings. The van der Waals surface area contributed by atoms with Crippen molar-refractivity contribution in [1.29, 1.82) is 0 Å². The Kier molecular flexibility index (Phi) is 9.01. The van der Waals surface area contributed by atoms with Gasteiger partial charge in [0.2, 0.25) is 0 Å². The maximum atomic E-state index is 14.6. The Bertz CT molecular complexity index is 1410. The van der Waals surface area contributed by atoms with Gasteiger partial charge in [-0.15, -0.1) is 6.58 Å². The largest absolute Gasteiger partial charge is 0.494 e. The van der Waals surface area contributed by atoms with E-state index in [1.165, 1.54) is 17.5 Å². The second kappa shape index (κ2) is 13.2. The Labute approximate surface area is 251 Å². The molecule has 0 aliphatic carbocycles. The fraction of sp³-hybridized carbons (Fsp3) is 0.438. The van der Waals surface area contributed by atoms with Crippen LogP contribution in [-0.4, -0.2) is 85.3 Å². The third-order valence-corrected chi connectivity index (χ3v) is 8.71. The molecule has 4 heterocycles. The second-order valence-electron chi connectivity index (χ2n) is 11.2. The van der Waals surface area contributed by atoms with Gasteiger partial charge in [-0.25, -0.2) is 23.8 Å². The van der Waals surface area contributed by atoms with Gasteiger partial charge in [0.25, 0.3) is 0 Å². The predicted molar refractivity (Wildman–Crippen MR) is 164 cm³/mol. The van der Waals surface area contributed by atoms with Crippen molar-refractivity contribution in [3.63, 3.8) is 0 Å². The van der Waals surface area contributed by atoms with E-state index in [0.29, 0.717) is 36.5 Å². The Morgan fingerprint density at radius 1 is 1.02 bits per heavy atom. The van der Waals surface area contributed by atoms with E-state index in [1.807, 2.05) is 12.1 Å². The van der Waals surface area contributed by atoms with E-state index in [4.69, 9.17) is 9.57 Å². The Morgan fingerprint density at radius 2 is 1.84 bits per heavy atom. The number of nitrogens with zero attached hydrogens (tertiary/aromatic N) is 6. The van der Waals surface area contributed by atoms with E-state index in [0.717, 1.165) is 76.1 Å². The average Bonchev–Trinajstić information content (AvgIpc) is 3.53. The Hall–Kier alpha value is -3.80. The molecule has 1 unspecified atom stereocenters. The van der Waals surface area contributed by atoms with E-state index in [1.54, 1.807) is 19.2 Å². The number of aromatic nitrogens is 2. The van der Waals surface area contributed by atoms with Crippen LogP contribution in [0.2, 0.25) is 0 Å². The van der Waals surface area contributed by atoms with Gasteiger partial charge in [0, 0.05) is 81.7 Å². The van der Waals surface area contributed by atoms with Gasteiger partial charge in [-0.05, 0) is 31.0 Å². The molecule has 1 atom stereocenters. The first-order valence-corrected chi connectivity index (χ1v) is 15.0. The lowest BCUT2D eigenvalue weighted by Crippen LogP contribution is -2.53. The number of halogens is 2. The highest BCUT2D eigenvalue weighted by Gasteiger charge is 2.32. The minimum absolute atomic E-state index is 0.234. The van der Waals surface area contributed by atoms with Gasteiger partial charge in [-0.1, -0.05) is 18.2 Å². The third-order valence-electron chi connectivity index (χ3n) is 8.71. The molecule has 43 heavy (non-hydrogen) atoms. The SMILES string of the molecule is C=CCN1CCN(C2CCN(c3ccc(Nc4cc(N5OCCC5c5cccc(F)c5F)ncn4)c(OC)c3)CC2)CC1. The first-order chi connectivity index (χ1) is 21.0. The number of hydrogen-bond donors (Lipinski definition) is 1. The molecule has 1 N–H and O–H groups in total. The van der Waals surface area contributed by atoms with Crippen molar-refractivity contribution >= 4 is 23.0 Å². The van der Waals surface area contributed by atoms with Gasteiger partial charge in [0.1, 0.15) is 17.9 Å². The molecule has 6 rings (SSSR count). The van der Waals surface area contributed by atoms with E-state index >= 15 is 0 Å². The van der Waals surface area contributed by atoms with Crippen LogP contribution in [0, 0.1) is 11.6 Å². The molecule has 3 aromatic rings. The molecule has 3 saturated heterocycles. The maximum Gasteiger partial charge on any atom is 0.164 e. The van der Waals surface area contributed by atoms with Crippen molar-refractivity contribution in [1.82, 2.24) is 19.8 Å². The normalized spacial score (nSPS) is 20.4. The molecule has 3 aliphatic rings. The van der Waals surface area contributed by atoms with Crippen LogP contribution in [-0.2, 0) is 4.84 Å². The number of rotatable bonds is 9. The number of anilines is 4. The first kappa shape index (κ1) is 29.3. The molecule has 0 amide bonds. The molecule has 0 spiro atoms. The fourth-order valence-corrected chi connectivity index (χ4v) is 6.39. The summed E-state index contributed by atoms with van der Waals surface area (Å²) in [7, 11) is 1.66. The van der Waals surface area contributed by atoms with Crippen LogP contribution < -0.4 is 20.0 Å². The number of hydroxylamine groups is 1. The minimum atomic E-state index is -0.882. The van der Waals surface area contributed by atoms with Crippen molar-refractivity contribution in [2.24, 2.45) is 0 Å². The molecule has 1 aromatic heterocycles. The maximum absolute atomic E-state index is 14.6. The molecule has 3 aliphatic heterocycles. The molecule has 2 aromatic carbocycles. The Balaban J connectivity index is 1.10. The van der Waals surface area contributed by atoms with Gasteiger partial charge < -0.3 is 15.0 Å². The predicted octanol–water partition coefficient (Wildman–Crippen LogP) is 5.16. The topological polar surface area (TPSA) is 69.2 Å². The molecule has 9 nitrogen and oxygen atoms in total. The fourth-order valence-electron chi connectivity index (χ4n) is 6.39. The summed E-state index contributed by atoms with van der Waals surface area (Å²) in [5.41, 5.74) is 2.13. The zero-order valence-corrected chi connectivity index (χ0v) is 24.6. The zero-order chi connectivity index (χ0) is 29.8. The van der Waals surface area contributed by atoms with Gasteiger partial charge >= 0.3 is 0 Å². The van der Waals surface area contributed by atoms with Gasteiger partial charge in [-0.3, -0.25) is 14.6 Å². The third kappa shape index (κ3) is 6.43. The van der Waals surface area contributed by atoms with Crippen LogP contribution in [0.1, 0.15) is 30.9 Å². The number of piperazine rings is 1. The summed E-state index contributed by atoms with van der Waals surface area (Å²) in [6.07, 6.45) is 6.21. The summed E-state index contributed by atoms with van der Waals surface area (Å²) >= 11 is 0. The lowest BCUT2D eigenvalue weighted by Gasteiger charge is -2.43. The van der Waals surface area contributed by atoms with Crippen molar-refractivity contribution < 1.29 is 18.4 Å². The average molecular weight is 592 g/mol. The number of benzene rings is 2. The minimum Gasteiger partial charge on any atom is -0.494 e. The first-order valence-electron chi connectivity index (χ1n) is 15.0. The Morgan fingerprint density at radius 3 is 2.60 bits per heavy atom. The quantitative estimate of drug-likeness (QED) is 0.340. The highest BCUT2D eigenvalue weighted by Crippen LogP contribution is 2.37. The highest BCUT2D eigenvalue weighted by atomic mass is 19.2. The smallest absolute Gasteiger partial charge is 0.164 e. The van der Waals surface area contributed by atoms with Crippen molar-refractivity contribution in [3.8, 4) is 5.75 Å². The van der Waals surface area contributed by atoms with Crippen LogP contribution in [0.3, 0.4) is 0 Å². The highest BCUT2D eigenvalue weighted by molar-refractivity contribution is 5.70. The number of methoxy groups -OCH3 is 1. The van der Waals surface area contributed by atoms with Crippen molar-refractivity contribution in [2.45, 2.75) is 31.3 Å². The van der Waals surface area contributed by atoms with E-state index < -0.39 is 17.7 Å². The van der Waals surface area contributed by atoms with Crippen LogP contribution >= 0.6 is 0 Å². The molecule has 0 saturated carbocycles. The zero-order valence-electron chi connectivity index (χ0n) is 24.6. The van der Waals surface area contributed by atoms with Crippen LogP contribution in [0.25, 0.3) is 0 Å². The second-order valence-corrected chi connectivity index (χ2v) is 11.2. The molecule has 0 bridgehead atoms. The summed E-state index contributed by atoms with van der Waals surface area (Å²) in [5.74, 6) is -0.0719. The lowest BCUT2D eigenvalue weighted by molar-refractivity contribution is 0.0911. The monoisotopic (exact) mass is 591 g/mol. The summed E-state index contributed by atoms with van der Waals surface area (Å²) in [6.45, 7) is 11.7. The van der Waals surface area contributed by atoms with E-state index in [2.05, 4.69) is 48.7 Å². The summed E-state index contributed by atoms with van der Waals surface area (Å²) in [5, 5.41) is 4.85. The van der Waals surface area contributed by atoms with Crippen molar-refractivity contribution in [2.75, 3.05) is 74.8 Å². The van der Waals surface area contributed by atoms with Gasteiger partial charge in [-0.2, -0.15) is 0 Å². The molecule has 0 radical (unpaired) electrons. The number of piperidine rings is 1. The van der Waals surface area contributed by atoms with Gasteiger partial charge in [0.05, 0.1) is 25.4 Å².